The monoisotopic (exact) mass is 357 g/mol. The van der Waals surface area contributed by atoms with Gasteiger partial charge in [-0.3, -0.25) is 0 Å². The Balaban J connectivity index is 1.87. The van der Waals surface area contributed by atoms with Gasteiger partial charge < -0.3 is 5.32 Å². The second-order valence-electron chi connectivity index (χ2n) is 7.33. The Labute approximate surface area is 136 Å². The van der Waals surface area contributed by atoms with Gasteiger partial charge in [-0.05, 0) is 92.2 Å². The standard InChI is InChI=1S/C17H28BrNS/c1-16(2,3)19-12-11-17(8-4-5-9-17)10-6-15-14(18)7-13-20-15/h7,13,19H,4-6,8-12H2,1-3H3. The van der Waals surface area contributed by atoms with E-state index in [-0.39, 0.29) is 5.54 Å². The molecule has 0 aromatic carbocycles. The van der Waals surface area contributed by atoms with Gasteiger partial charge in [-0.2, -0.15) is 0 Å². The Morgan fingerprint density at radius 1 is 1.25 bits per heavy atom. The lowest BCUT2D eigenvalue weighted by atomic mass is 9.78. The highest BCUT2D eigenvalue weighted by molar-refractivity contribution is 9.10. The third-order valence-corrected chi connectivity index (χ3v) is 6.53. The van der Waals surface area contributed by atoms with E-state index in [4.69, 9.17) is 0 Å². The smallest absolute Gasteiger partial charge is 0.0314 e. The molecule has 1 N–H and O–H groups in total. The lowest BCUT2D eigenvalue weighted by Gasteiger charge is -2.31. The molecule has 114 valence electrons. The third-order valence-electron chi connectivity index (χ3n) is 4.55. The average molecular weight is 358 g/mol. The zero-order valence-corrected chi connectivity index (χ0v) is 15.5. The Kier molecular flexibility index (Phi) is 5.72. The minimum absolute atomic E-state index is 0.247. The summed E-state index contributed by atoms with van der Waals surface area (Å²) in [6.45, 7) is 7.94. The molecular formula is C17H28BrNS. The first-order valence-electron chi connectivity index (χ1n) is 7.87. The van der Waals surface area contributed by atoms with Crippen LogP contribution in [-0.2, 0) is 6.42 Å². The zero-order valence-electron chi connectivity index (χ0n) is 13.1. The number of hydrogen-bond donors (Lipinski definition) is 1. The van der Waals surface area contributed by atoms with Crippen molar-refractivity contribution in [1.82, 2.24) is 5.32 Å². The van der Waals surface area contributed by atoms with Crippen molar-refractivity contribution in [3.8, 4) is 0 Å². The quantitative estimate of drug-likeness (QED) is 0.679. The molecule has 1 saturated carbocycles. The predicted octanol–water partition coefficient (Wildman–Crippen LogP) is 5.78. The third kappa shape index (κ3) is 4.85. The molecule has 3 heteroatoms. The number of hydrogen-bond acceptors (Lipinski definition) is 2. The normalized spacial score (nSPS) is 18.6. The Hall–Kier alpha value is 0.140. The van der Waals surface area contributed by atoms with Crippen molar-refractivity contribution < 1.29 is 0 Å². The maximum atomic E-state index is 3.67. The molecule has 1 nitrogen and oxygen atoms in total. The average Bonchev–Trinajstić information content (AvgIpc) is 2.95. The SMILES string of the molecule is CC(C)(C)NCCC1(CCc2sccc2Br)CCCC1. The minimum atomic E-state index is 0.247. The molecule has 2 rings (SSSR count). The molecule has 1 heterocycles. The summed E-state index contributed by atoms with van der Waals surface area (Å²) >= 11 is 5.57. The fraction of sp³-hybridized carbons (Fsp3) is 0.765. The first-order valence-corrected chi connectivity index (χ1v) is 9.54. The summed E-state index contributed by atoms with van der Waals surface area (Å²) in [6, 6.07) is 2.18. The van der Waals surface area contributed by atoms with Crippen molar-refractivity contribution in [3.05, 3.63) is 20.8 Å². The summed E-state index contributed by atoms with van der Waals surface area (Å²) in [5.74, 6) is 0. The fourth-order valence-corrected chi connectivity index (χ4v) is 4.89. The molecule has 0 spiro atoms. The van der Waals surface area contributed by atoms with Crippen LogP contribution in [0.2, 0.25) is 0 Å². The molecule has 0 radical (unpaired) electrons. The van der Waals surface area contributed by atoms with Gasteiger partial charge in [0.1, 0.15) is 0 Å². The molecule has 20 heavy (non-hydrogen) atoms. The first-order chi connectivity index (χ1) is 9.40. The van der Waals surface area contributed by atoms with Gasteiger partial charge in [0.25, 0.3) is 0 Å². The van der Waals surface area contributed by atoms with E-state index in [1.165, 1.54) is 54.3 Å². The van der Waals surface area contributed by atoms with Gasteiger partial charge in [0, 0.05) is 14.9 Å². The Bertz CT molecular complexity index is 413. The van der Waals surface area contributed by atoms with Crippen molar-refractivity contribution in [3.63, 3.8) is 0 Å². The minimum Gasteiger partial charge on any atom is -0.312 e. The van der Waals surface area contributed by atoms with E-state index < -0.39 is 0 Å². The second-order valence-corrected chi connectivity index (χ2v) is 9.18. The maximum absolute atomic E-state index is 3.67. The number of thiophene rings is 1. The van der Waals surface area contributed by atoms with E-state index in [0.717, 1.165) is 6.54 Å². The molecule has 0 atom stereocenters. The summed E-state index contributed by atoms with van der Waals surface area (Å²) in [5, 5.41) is 5.87. The van der Waals surface area contributed by atoms with Gasteiger partial charge in [0.15, 0.2) is 0 Å². The van der Waals surface area contributed by atoms with Gasteiger partial charge in [0.05, 0.1) is 0 Å². The van der Waals surface area contributed by atoms with Crippen molar-refractivity contribution in [2.75, 3.05) is 6.54 Å². The Morgan fingerprint density at radius 3 is 2.50 bits per heavy atom. The maximum Gasteiger partial charge on any atom is 0.0314 e. The van der Waals surface area contributed by atoms with Crippen LogP contribution in [-0.4, -0.2) is 12.1 Å². The van der Waals surface area contributed by atoms with Gasteiger partial charge in [0.2, 0.25) is 0 Å². The van der Waals surface area contributed by atoms with Gasteiger partial charge in [-0.15, -0.1) is 11.3 Å². The molecule has 1 fully saturated rings. The molecule has 0 aliphatic heterocycles. The van der Waals surface area contributed by atoms with Crippen molar-refractivity contribution in [2.45, 2.75) is 71.3 Å². The molecule has 0 amide bonds. The summed E-state index contributed by atoms with van der Waals surface area (Å²) < 4.78 is 1.31. The van der Waals surface area contributed by atoms with E-state index in [9.17, 15) is 0 Å². The van der Waals surface area contributed by atoms with Crippen LogP contribution < -0.4 is 5.32 Å². The second kappa shape index (κ2) is 6.93. The number of rotatable bonds is 6. The largest absolute Gasteiger partial charge is 0.312 e. The van der Waals surface area contributed by atoms with Crippen molar-refractivity contribution in [1.29, 1.82) is 0 Å². The Morgan fingerprint density at radius 2 is 1.95 bits per heavy atom. The van der Waals surface area contributed by atoms with E-state index in [1.807, 2.05) is 11.3 Å². The lowest BCUT2D eigenvalue weighted by molar-refractivity contribution is 0.235. The van der Waals surface area contributed by atoms with Crippen LogP contribution >= 0.6 is 27.3 Å². The first kappa shape index (κ1) is 16.5. The molecular weight excluding hydrogens is 330 g/mol. The van der Waals surface area contributed by atoms with E-state index >= 15 is 0 Å². The van der Waals surface area contributed by atoms with Crippen LogP contribution in [0.25, 0.3) is 0 Å². The van der Waals surface area contributed by atoms with Crippen LogP contribution in [0.3, 0.4) is 0 Å². The topological polar surface area (TPSA) is 12.0 Å². The van der Waals surface area contributed by atoms with Gasteiger partial charge in [-0.1, -0.05) is 12.8 Å². The lowest BCUT2D eigenvalue weighted by Crippen LogP contribution is -2.38. The number of halogens is 1. The highest BCUT2D eigenvalue weighted by Crippen LogP contribution is 2.45. The number of nitrogens with one attached hydrogen (secondary N) is 1. The van der Waals surface area contributed by atoms with Crippen LogP contribution in [0.4, 0.5) is 0 Å². The number of aryl methyl sites for hydroxylation is 1. The predicted molar refractivity (Wildman–Crippen MR) is 93.6 cm³/mol. The molecule has 0 unspecified atom stereocenters. The van der Waals surface area contributed by atoms with E-state index in [1.54, 1.807) is 0 Å². The highest BCUT2D eigenvalue weighted by Gasteiger charge is 2.33. The molecule has 1 aromatic rings. The van der Waals surface area contributed by atoms with Crippen LogP contribution in [0.15, 0.2) is 15.9 Å². The zero-order chi connectivity index (χ0) is 14.6. The molecule has 1 aliphatic carbocycles. The summed E-state index contributed by atoms with van der Waals surface area (Å²) in [5.41, 5.74) is 0.845. The molecule has 1 aliphatic rings. The van der Waals surface area contributed by atoms with E-state index in [0.29, 0.717) is 5.41 Å². The van der Waals surface area contributed by atoms with Crippen LogP contribution in [0.1, 0.15) is 64.2 Å². The summed E-state index contributed by atoms with van der Waals surface area (Å²) in [4.78, 5) is 1.53. The fourth-order valence-electron chi connectivity index (χ4n) is 3.33. The van der Waals surface area contributed by atoms with Crippen LogP contribution in [0.5, 0.6) is 0 Å². The van der Waals surface area contributed by atoms with Crippen LogP contribution in [0, 0.1) is 5.41 Å². The van der Waals surface area contributed by atoms with Gasteiger partial charge in [-0.25, -0.2) is 0 Å². The summed E-state index contributed by atoms with van der Waals surface area (Å²) in [7, 11) is 0. The van der Waals surface area contributed by atoms with E-state index in [2.05, 4.69) is 53.5 Å². The highest BCUT2D eigenvalue weighted by atomic mass is 79.9. The van der Waals surface area contributed by atoms with Gasteiger partial charge >= 0.3 is 0 Å². The molecule has 0 saturated heterocycles. The summed E-state index contributed by atoms with van der Waals surface area (Å²) in [6.07, 6.45) is 9.67. The molecule has 1 aromatic heterocycles. The van der Waals surface area contributed by atoms with Crippen molar-refractivity contribution in [2.24, 2.45) is 5.41 Å². The van der Waals surface area contributed by atoms with Crippen molar-refractivity contribution >= 4 is 27.3 Å². The molecule has 0 bridgehead atoms.